The monoisotopic (exact) mass is 434 g/mol. The Bertz CT molecular complexity index is 1120. The minimum absolute atomic E-state index is 0.0976. The third kappa shape index (κ3) is 3.72. The molecule has 1 aromatic heterocycles. The molecule has 1 N–H and O–H groups in total. The topological polar surface area (TPSA) is 97.6 Å². The van der Waals surface area contributed by atoms with Crippen LogP contribution in [-0.2, 0) is 16.9 Å². The van der Waals surface area contributed by atoms with Crippen molar-refractivity contribution in [2.75, 3.05) is 7.11 Å². The lowest BCUT2D eigenvalue weighted by Gasteiger charge is -2.25. The summed E-state index contributed by atoms with van der Waals surface area (Å²) >= 11 is 0. The normalized spacial score (nSPS) is 18.3. The number of imide groups is 1. The number of carbonyl (C=O) groups excluding carboxylic acids is 2. The van der Waals surface area contributed by atoms with Gasteiger partial charge in [-0.15, -0.1) is 0 Å². The quantitative estimate of drug-likeness (QED) is 0.559. The van der Waals surface area contributed by atoms with Gasteiger partial charge in [-0.05, 0) is 35.6 Å². The number of hydrogen-bond acceptors (Lipinski definition) is 6. The second-order valence-corrected chi connectivity index (χ2v) is 8.10. The molecule has 166 valence electrons. The number of nitrogens with zero attached hydrogens (tertiary/aromatic N) is 3. The molecule has 1 aliphatic rings. The highest BCUT2D eigenvalue weighted by molar-refractivity contribution is 6.07. The summed E-state index contributed by atoms with van der Waals surface area (Å²) in [5.74, 6) is 1.36. The van der Waals surface area contributed by atoms with Crippen LogP contribution in [0.1, 0.15) is 50.1 Å². The third-order valence-electron chi connectivity index (χ3n) is 5.89. The molecule has 1 atom stereocenters. The van der Waals surface area contributed by atoms with Gasteiger partial charge in [0.05, 0.1) is 7.11 Å². The first-order valence-electron chi connectivity index (χ1n) is 10.6. The summed E-state index contributed by atoms with van der Waals surface area (Å²) in [4.78, 5) is 31.6. The number of carbonyl (C=O) groups is 2. The number of hydrogen-bond donors (Lipinski definition) is 1. The van der Waals surface area contributed by atoms with Crippen molar-refractivity contribution in [3.05, 3.63) is 65.5 Å². The molecule has 8 heteroatoms. The van der Waals surface area contributed by atoms with Crippen LogP contribution in [0.4, 0.5) is 4.79 Å². The lowest BCUT2D eigenvalue weighted by Crippen LogP contribution is -2.43. The van der Waals surface area contributed by atoms with Gasteiger partial charge in [0.1, 0.15) is 17.8 Å². The first-order valence-corrected chi connectivity index (χ1v) is 10.6. The van der Waals surface area contributed by atoms with Crippen molar-refractivity contribution in [2.45, 2.75) is 45.2 Å². The number of ether oxygens (including phenoxy) is 1. The van der Waals surface area contributed by atoms with Gasteiger partial charge in [-0.2, -0.15) is 4.98 Å². The van der Waals surface area contributed by atoms with E-state index in [4.69, 9.17) is 9.26 Å². The maximum Gasteiger partial charge on any atom is 0.325 e. The van der Waals surface area contributed by atoms with Crippen molar-refractivity contribution in [1.29, 1.82) is 0 Å². The van der Waals surface area contributed by atoms with Gasteiger partial charge in [-0.25, -0.2) is 4.79 Å². The molecule has 0 aliphatic carbocycles. The van der Waals surface area contributed by atoms with E-state index in [-0.39, 0.29) is 18.3 Å². The largest absolute Gasteiger partial charge is 0.497 e. The number of urea groups is 1. The number of rotatable bonds is 7. The number of amides is 3. The maximum absolute atomic E-state index is 13.3. The van der Waals surface area contributed by atoms with Gasteiger partial charge in [-0.3, -0.25) is 9.69 Å². The first kappa shape index (κ1) is 21.5. The highest BCUT2D eigenvalue weighted by atomic mass is 16.5. The molecule has 2 aromatic carbocycles. The molecular weight excluding hydrogens is 408 g/mol. The maximum atomic E-state index is 13.3. The average Bonchev–Trinajstić information content (AvgIpc) is 3.38. The molecule has 32 heavy (non-hydrogen) atoms. The molecule has 0 saturated carbocycles. The zero-order valence-corrected chi connectivity index (χ0v) is 18.6. The van der Waals surface area contributed by atoms with E-state index >= 15 is 0 Å². The van der Waals surface area contributed by atoms with E-state index in [9.17, 15) is 9.59 Å². The zero-order valence-electron chi connectivity index (χ0n) is 18.6. The molecule has 0 radical (unpaired) electrons. The van der Waals surface area contributed by atoms with E-state index in [0.717, 1.165) is 10.5 Å². The molecular formula is C24H26N4O4. The average molecular weight is 434 g/mol. The fourth-order valence-corrected chi connectivity index (χ4v) is 3.87. The Morgan fingerprint density at radius 3 is 2.38 bits per heavy atom. The first-order chi connectivity index (χ1) is 15.4. The van der Waals surface area contributed by atoms with Crippen LogP contribution in [0.3, 0.4) is 0 Å². The van der Waals surface area contributed by atoms with Gasteiger partial charge >= 0.3 is 6.03 Å². The Morgan fingerprint density at radius 2 is 1.78 bits per heavy atom. The second-order valence-electron chi connectivity index (χ2n) is 8.10. The number of nitrogens with one attached hydrogen (secondary N) is 1. The van der Waals surface area contributed by atoms with Gasteiger partial charge in [0, 0.05) is 5.56 Å². The number of methoxy groups -OCH3 is 1. The Hall–Kier alpha value is -3.68. The molecule has 0 bridgehead atoms. The lowest BCUT2D eigenvalue weighted by molar-refractivity contribution is -0.132. The predicted octanol–water partition coefficient (Wildman–Crippen LogP) is 4.23. The summed E-state index contributed by atoms with van der Waals surface area (Å²) in [6, 6.07) is 14.5. The zero-order chi connectivity index (χ0) is 22.9. The van der Waals surface area contributed by atoms with Gasteiger partial charge in [0.15, 0.2) is 0 Å². The van der Waals surface area contributed by atoms with Gasteiger partial charge in [0.2, 0.25) is 11.7 Å². The van der Waals surface area contributed by atoms with Crippen molar-refractivity contribution < 1.29 is 18.8 Å². The fraction of sp³-hybridized carbons (Fsp3) is 0.333. The molecule has 8 nitrogen and oxygen atoms in total. The molecule has 3 amide bonds. The summed E-state index contributed by atoms with van der Waals surface area (Å²) in [7, 11) is 1.58. The standard InChI is InChI=1S/C24H26N4O4/c1-5-24(18-10-12-19(31-4)13-11-18)22(29)28(23(30)26-24)14-20-25-21(27-32-20)17-8-6-16(7-9-17)15(2)3/h6-13,15H,5,14H2,1-4H3,(H,26,30). The molecule has 1 fully saturated rings. The van der Waals surface area contributed by atoms with Crippen LogP contribution in [0.25, 0.3) is 11.4 Å². The van der Waals surface area contributed by atoms with Crippen molar-refractivity contribution in [1.82, 2.24) is 20.4 Å². The Morgan fingerprint density at radius 1 is 1.09 bits per heavy atom. The Kier molecular flexibility index (Phi) is 5.69. The SMILES string of the molecule is CCC1(c2ccc(OC)cc2)NC(=O)N(Cc2nc(-c3ccc(C(C)C)cc3)no2)C1=O. The lowest BCUT2D eigenvalue weighted by atomic mass is 9.87. The Balaban J connectivity index is 1.54. The molecule has 1 saturated heterocycles. The van der Waals surface area contributed by atoms with E-state index in [2.05, 4.69) is 29.3 Å². The predicted molar refractivity (Wildman–Crippen MR) is 118 cm³/mol. The molecule has 1 aliphatic heterocycles. The third-order valence-corrected chi connectivity index (χ3v) is 5.89. The summed E-state index contributed by atoms with van der Waals surface area (Å²) in [6.45, 7) is 6.01. The van der Waals surface area contributed by atoms with Gasteiger partial charge < -0.3 is 14.6 Å². The van der Waals surface area contributed by atoms with E-state index in [1.54, 1.807) is 31.4 Å². The van der Waals surface area contributed by atoms with Crippen molar-refractivity contribution >= 4 is 11.9 Å². The number of benzene rings is 2. The summed E-state index contributed by atoms with van der Waals surface area (Å²) in [5, 5.41) is 6.87. The van der Waals surface area contributed by atoms with E-state index in [1.807, 2.05) is 31.2 Å². The molecule has 4 rings (SSSR count). The fourth-order valence-electron chi connectivity index (χ4n) is 3.87. The smallest absolute Gasteiger partial charge is 0.325 e. The van der Waals surface area contributed by atoms with E-state index in [0.29, 0.717) is 29.5 Å². The minimum Gasteiger partial charge on any atom is -0.497 e. The van der Waals surface area contributed by atoms with Crippen LogP contribution in [-0.4, -0.2) is 34.1 Å². The minimum atomic E-state index is -1.14. The van der Waals surface area contributed by atoms with Crippen LogP contribution in [0.5, 0.6) is 5.75 Å². The van der Waals surface area contributed by atoms with Crippen molar-refractivity contribution in [2.24, 2.45) is 0 Å². The molecule has 1 unspecified atom stereocenters. The number of aromatic nitrogens is 2. The van der Waals surface area contributed by atoms with Crippen LogP contribution in [0.15, 0.2) is 53.1 Å². The summed E-state index contributed by atoms with van der Waals surface area (Å²) in [6.07, 6.45) is 0.400. The van der Waals surface area contributed by atoms with Crippen molar-refractivity contribution in [3.8, 4) is 17.1 Å². The van der Waals surface area contributed by atoms with E-state index in [1.165, 1.54) is 5.56 Å². The highest BCUT2D eigenvalue weighted by Crippen LogP contribution is 2.34. The van der Waals surface area contributed by atoms with E-state index < -0.39 is 11.6 Å². The van der Waals surface area contributed by atoms with Crippen LogP contribution in [0, 0.1) is 0 Å². The van der Waals surface area contributed by atoms with Gasteiger partial charge in [-0.1, -0.05) is 62.3 Å². The summed E-state index contributed by atoms with van der Waals surface area (Å²) < 4.78 is 10.5. The molecule has 2 heterocycles. The molecule has 3 aromatic rings. The summed E-state index contributed by atoms with van der Waals surface area (Å²) in [5.41, 5.74) is 1.57. The van der Waals surface area contributed by atoms with Crippen LogP contribution >= 0.6 is 0 Å². The molecule has 0 spiro atoms. The van der Waals surface area contributed by atoms with Crippen molar-refractivity contribution in [3.63, 3.8) is 0 Å². The highest BCUT2D eigenvalue weighted by Gasteiger charge is 2.51. The van der Waals surface area contributed by atoms with Crippen LogP contribution < -0.4 is 10.1 Å². The van der Waals surface area contributed by atoms with Crippen LogP contribution in [0.2, 0.25) is 0 Å². The second kappa shape index (κ2) is 8.45. The van der Waals surface area contributed by atoms with Gasteiger partial charge in [0.25, 0.3) is 5.91 Å². The Labute approximate surface area is 186 Å².